The van der Waals surface area contributed by atoms with Crippen molar-refractivity contribution in [2.24, 2.45) is 11.8 Å². The molecule has 8 heteroatoms. The van der Waals surface area contributed by atoms with Gasteiger partial charge in [-0.2, -0.15) is 0 Å². The molecule has 1 atom stereocenters. The number of aliphatic carboxylic acids is 1. The lowest BCUT2D eigenvalue weighted by Gasteiger charge is -2.31. The van der Waals surface area contributed by atoms with Gasteiger partial charge in [-0.3, -0.25) is 14.4 Å². The Bertz CT molecular complexity index is 706. The maximum atomic E-state index is 13.3. The van der Waals surface area contributed by atoms with E-state index in [0.717, 1.165) is 0 Å². The van der Waals surface area contributed by atoms with Gasteiger partial charge in [-0.25, -0.2) is 4.39 Å². The van der Waals surface area contributed by atoms with Crippen LogP contribution in [0.2, 0.25) is 0 Å². The van der Waals surface area contributed by atoms with Crippen molar-refractivity contribution in [2.75, 3.05) is 16.9 Å². The van der Waals surface area contributed by atoms with Crippen LogP contribution in [0.15, 0.2) is 24.3 Å². The minimum absolute atomic E-state index is 0.0850. The maximum absolute atomic E-state index is 13.3. The van der Waals surface area contributed by atoms with Gasteiger partial charge >= 0.3 is 5.97 Å². The normalized spacial score (nSPS) is 25.7. The highest BCUT2D eigenvalue weighted by Gasteiger charge is 2.39. The van der Waals surface area contributed by atoms with Crippen LogP contribution in [0.25, 0.3) is 0 Å². The SMILES string of the molecule is O=C(O)C1CCC(C(=O)N2CSCC2C(=O)Nc2cccc(F)c2)CC1. The van der Waals surface area contributed by atoms with Crippen molar-refractivity contribution >= 4 is 35.2 Å². The molecule has 2 N–H and O–H groups in total. The van der Waals surface area contributed by atoms with Gasteiger partial charge in [-0.05, 0) is 43.9 Å². The Kier molecular flexibility index (Phi) is 5.80. The Labute approximate surface area is 155 Å². The van der Waals surface area contributed by atoms with Crippen molar-refractivity contribution in [1.82, 2.24) is 4.90 Å². The molecular formula is C18H21FN2O4S. The highest BCUT2D eigenvalue weighted by molar-refractivity contribution is 7.99. The molecule has 26 heavy (non-hydrogen) atoms. The first-order valence-corrected chi connectivity index (χ1v) is 9.78. The van der Waals surface area contributed by atoms with Crippen LogP contribution in [0.5, 0.6) is 0 Å². The van der Waals surface area contributed by atoms with E-state index >= 15 is 0 Å². The third-order valence-electron chi connectivity index (χ3n) is 4.99. The number of anilines is 1. The summed E-state index contributed by atoms with van der Waals surface area (Å²) in [6.45, 7) is 0. The summed E-state index contributed by atoms with van der Waals surface area (Å²) in [6, 6.07) is 5.05. The Morgan fingerprint density at radius 2 is 1.85 bits per heavy atom. The fourth-order valence-electron chi connectivity index (χ4n) is 3.49. The molecule has 0 aromatic heterocycles. The van der Waals surface area contributed by atoms with Crippen LogP contribution in [-0.2, 0) is 14.4 Å². The number of hydrogen-bond donors (Lipinski definition) is 2. The van der Waals surface area contributed by atoms with Gasteiger partial charge in [0.1, 0.15) is 11.9 Å². The average molecular weight is 380 g/mol. The van der Waals surface area contributed by atoms with E-state index in [9.17, 15) is 18.8 Å². The molecule has 0 radical (unpaired) electrons. The molecule has 1 saturated carbocycles. The zero-order valence-corrected chi connectivity index (χ0v) is 15.0. The Hall–Kier alpha value is -2.09. The van der Waals surface area contributed by atoms with Crippen molar-refractivity contribution in [2.45, 2.75) is 31.7 Å². The van der Waals surface area contributed by atoms with Crippen molar-refractivity contribution in [1.29, 1.82) is 0 Å². The summed E-state index contributed by atoms with van der Waals surface area (Å²) in [7, 11) is 0. The van der Waals surface area contributed by atoms with Gasteiger partial charge in [0.25, 0.3) is 0 Å². The Morgan fingerprint density at radius 3 is 2.50 bits per heavy atom. The van der Waals surface area contributed by atoms with Crippen LogP contribution in [0, 0.1) is 17.7 Å². The maximum Gasteiger partial charge on any atom is 0.306 e. The number of carbonyl (C=O) groups is 3. The van der Waals surface area contributed by atoms with Crippen molar-refractivity contribution in [3.8, 4) is 0 Å². The second-order valence-corrected chi connectivity index (χ2v) is 7.71. The van der Waals surface area contributed by atoms with Crippen molar-refractivity contribution in [3.63, 3.8) is 0 Å². The first-order valence-electron chi connectivity index (χ1n) is 8.63. The molecule has 0 bridgehead atoms. The number of carboxylic acid groups (broad SMARTS) is 1. The highest BCUT2D eigenvalue weighted by atomic mass is 32.2. The summed E-state index contributed by atoms with van der Waals surface area (Å²) in [6.07, 6.45) is 2.06. The summed E-state index contributed by atoms with van der Waals surface area (Å²) in [5.74, 6) is -1.32. The Balaban J connectivity index is 1.61. The molecule has 1 heterocycles. The molecule has 2 fully saturated rings. The molecule has 1 unspecified atom stereocenters. The molecule has 1 aromatic carbocycles. The fraction of sp³-hybridized carbons (Fsp3) is 0.500. The molecule has 140 valence electrons. The summed E-state index contributed by atoms with van der Waals surface area (Å²) in [5, 5.41) is 11.7. The first kappa shape index (κ1) is 18.7. The minimum Gasteiger partial charge on any atom is -0.481 e. The van der Waals surface area contributed by atoms with E-state index in [4.69, 9.17) is 5.11 Å². The van der Waals surface area contributed by atoms with E-state index in [1.807, 2.05) is 0 Å². The molecule has 1 aliphatic carbocycles. The van der Waals surface area contributed by atoms with E-state index in [-0.39, 0.29) is 23.7 Å². The smallest absolute Gasteiger partial charge is 0.306 e. The standard InChI is InChI=1S/C18H21FN2O4S/c19-13-2-1-3-14(8-13)20-16(22)15-9-26-10-21(15)17(23)11-4-6-12(7-5-11)18(24)25/h1-3,8,11-12,15H,4-7,9-10H2,(H,20,22)(H,24,25). The van der Waals surface area contributed by atoms with Crippen molar-refractivity contribution < 1.29 is 23.9 Å². The molecule has 3 rings (SSSR count). The number of halogens is 1. The number of hydrogen-bond acceptors (Lipinski definition) is 4. The molecule has 1 saturated heterocycles. The molecule has 2 aliphatic rings. The zero-order valence-electron chi connectivity index (χ0n) is 14.2. The Morgan fingerprint density at radius 1 is 1.15 bits per heavy atom. The average Bonchev–Trinajstić information content (AvgIpc) is 3.11. The third kappa shape index (κ3) is 4.17. The van der Waals surface area contributed by atoms with Crippen LogP contribution >= 0.6 is 11.8 Å². The summed E-state index contributed by atoms with van der Waals surface area (Å²) >= 11 is 1.51. The predicted octanol–water partition coefficient (Wildman–Crippen LogP) is 2.56. The van der Waals surface area contributed by atoms with E-state index in [1.165, 1.54) is 30.0 Å². The lowest BCUT2D eigenvalue weighted by Crippen LogP contribution is -2.47. The zero-order chi connectivity index (χ0) is 18.7. The van der Waals surface area contributed by atoms with Gasteiger partial charge in [0.05, 0.1) is 11.8 Å². The van der Waals surface area contributed by atoms with Gasteiger partial charge in [-0.15, -0.1) is 11.8 Å². The lowest BCUT2D eigenvalue weighted by atomic mass is 9.81. The van der Waals surface area contributed by atoms with Gasteiger partial charge in [0.15, 0.2) is 0 Å². The second-order valence-electron chi connectivity index (χ2n) is 6.71. The molecule has 0 spiro atoms. The lowest BCUT2D eigenvalue weighted by molar-refractivity contribution is -0.146. The molecule has 2 amide bonds. The number of nitrogens with zero attached hydrogens (tertiary/aromatic N) is 1. The van der Waals surface area contributed by atoms with Gasteiger partial charge in [-0.1, -0.05) is 6.07 Å². The molecule has 1 aliphatic heterocycles. The number of carbonyl (C=O) groups excluding carboxylic acids is 2. The van der Waals surface area contributed by atoms with Gasteiger partial charge < -0.3 is 15.3 Å². The summed E-state index contributed by atoms with van der Waals surface area (Å²) in [5.41, 5.74) is 0.362. The van der Waals surface area contributed by atoms with Crippen LogP contribution in [0.1, 0.15) is 25.7 Å². The molecule has 1 aromatic rings. The van der Waals surface area contributed by atoms with Gasteiger partial charge in [0, 0.05) is 17.4 Å². The first-order chi connectivity index (χ1) is 12.5. The number of rotatable bonds is 4. The highest BCUT2D eigenvalue weighted by Crippen LogP contribution is 2.33. The number of amides is 2. The van der Waals surface area contributed by atoms with E-state index in [1.54, 1.807) is 11.0 Å². The van der Waals surface area contributed by atoms with Crippen LogP contribution < -0.4 is 5.32 Å². The van der Waals surface area contributed by atoms with E-state index in [0.29, 0.717) is 43.0 Å². The number of benzene rings is 1. The number of thioether (sulfide) groups is 1. The number of nitrogens with one attached hydrogen (secondary N) is 1. The third-order valence-corrected chi connectivity index (χ3v) is 6.00. The van der Waals surface area contributed by atoms with Crippen LogP contribution in [0.3, 0.4) is 0 Å². The summed E-state index contributed by atoms with van der Waals surface area (Å²) < 4.78 is 13.3. The quantitative estimate of drug-likeness (QED) is 0.838. The molecular weight excluding hydrogens is 359 g/mol. The molecule has 6 nitrogen and oxygen atoms in total. The number of carboxylic acids is 1. The van der Waals surface area contributed by atoms with E-state index < -0.39 is 17.8 Å². The van der Waals surface area contributed by atoms with Crippen molar-refractivity contribution in [3.05, 3.63) is 30.1 Å². The minimum atomic E-state index is -0.806. The fourth-order valence-corrected chi connectivity index (χ4v) is 4.65. The van der Waals surface area contributed by atoms with Crippen LogP contribution in [-0.4, -0.2) is 45.5 Å². The monoisotopic (exact) mass is 380 g/mol. The van der Waals surface area contributed by atoms with Crippen LogP contribution in [0.4, 0.5) is 10.1 Å². The topological polar surface area (TPSA) is 86.7 Å². The second kappa shape index (κ2) is 8.07. The largest absolute Gasteiger partial charge is 0.481 e. The predicted molar refractivity (Wildman–Crippen MR) is 96.1 cm³/mol. The van der Waals surface area contributed by atoms with E-state index in [2.05, 4.69) is 5.32 Å². The summed E-state index contributed by atoms with van der Waals surface area (Å²) in [4.78, 5) is 38.0. The van der Waals surface area contributed by atoms with Gasteiger partial charge in [0.2, 0.25) is 11.8 Å².